The van der Waals surface area contributed by atoms with Crippen LogP contribution >= 0.6 is 0 Å². The number of benzene rings is 1. The number of hydrogen-bond donors (Lipinski definition) is 2. The van der Waals surface area contributed by atoms with Crippen LogP contribution < -0.4 is 5.32 Å². The maximum atomic E-state index is 13.1. The zero-order valence-electron chi connectivity index (χ0n) is 14.0. The molecule has 2 N–H and O–H groups in total. The third kappa shape index (κ3) is 2.94. The number of halogens is 3. The molecule has 1 heterocycles. The van der Waals surface area contributed by atoms with Gasteiger partial charge in [0.1, 0.15) is 5.69 Å². The van der Waals surface area contributed by atoms with Gasteiger partial charge in [-0.2, -0.15) is 13.2 Å². The van der Waals surface area contributed by atoms with Crippen molar-refractivity contribution >= 4 is 16.8 Å². The summed E-state index contributed by atoms with van der Waals surface area (Å²) in [5, 5.41) is 12.6. The fraction of sp³-hybridized carbons (Fsp3) is 0.474. The Kier molecular flexibility index (Phi) is 4.14. The molecule has 2 fully saturated rings. The molecule has 1 aromatic carbocycles. The fourth-order valence-electron chi connectivity index (χ4n) is 4.42. The first-order valence-corrected chi connectivity index (χ1v) is 8.75. The second-order valence-electron chi connectivity index (χ2n) is 7.33. The number of carbonyl (C=O) groups excluding carboxylic acids is 1. The van der Waals surface area contributed by atoms with Gasteiger partial charge in [-0.05, 0) is 49.1 Å². The predicted octanol–water partition coefficient (Wildman–Crippen LogP) is 3.39. The molecule has 0 saturated heterocycles. The largest absolute Gasteiger partial charge is 0.433 e. The van der Waals surface area contributed by atoms with Gasteiger partial charge < -0.3 is 10.4 Å². The minimum Gasteiger partial charge on any atom is -0.396 e. The molecule has 26 heavy (non-hydrogen) atoms. The van der Waals surface area contributed by atoms with Gasteiger partial charge in [-0.1, -0.05) is 18.2 Å². The SMILES string of the molecule is O=C(NC1C[C@H]2CC(CO)C[C@@H]12)c1cc(C(F)(F)F)nc2ccccc12. The molecule has 4 rings (SSSR count). The number of aliphatic hydroxyl groups excluding tert-OH is 1. The van der Waals surface area contributed by atoms with Crippen molar-refractivity contribution in [2.75, 3.05) is 6.61 Å². The van der Waals surface area contributed by atoms with Crippen molar-refractivity contribution in [3.63, 3.8) is 0 Å². The number of amides is 1. The molecular formula is C19H19F3N2O2. The standard InChI is InChI=1S/C19H19F3N2O2/c20-19(21,22)17-8-14(12-3-1-2-4-15(12)23-17)18(26)24-16-7-11-5-10(9-25)6-13(11)16/h1-4,8,10-11,13,16,25H,5-7,9H2,(H,24,26)/t10?,11-,13-,16?/m1/s1. The highest BCUT2D eigenvalue weighted by Gasteiger charge is 2.48. The third-order valence-corrected chi connectivity index (χ3v) is 5.75. The maximum Gasteiger partial charge on any atom is 0.433 e. The van der Waals surface area contributed by atoms with Gasteiger partial charge in [0.05, 0.1) is 11.1 Å². The van der Waals surface area contributed by atoms with Gasteiger partial charge in [0.2, 0.25) is 0 Å². The summed E-state index contributed by atoms with van der Waals surface area (Å²) in [7, 11) is 0. The number of pyridine rings is 1. The molecule has 7 heteroatoms. The van der Waals surface area contributed by atoms with Crippen LogP contribution in [0.3, 0.4) is 0 Å². The first-order chi connectivity index (χ1) is 12.4. The Balaban J connectivity index is 1.61. The van der Waals surface area contributed by atoms with Crippen LogP contribution in [0.1, 0.15) is 35.3 Å². The van der Waals surface area contributed by atoms with Crippen LogP contribution in [0, 0.1) is 17.8 Å². The highest BCUT2D eigenvalue weighted by atomic mass is 19.4. The topological polar surface area (TPSA) is 62.2 Å². The number of nitrogens with zero attached hydrogens (tertiary/aromatic N) is 1. The van der Waals surface area contributed by atoms with Crippen molar-refractivity contribution in [2.24, 2.45) is 17.8 Å². The molecule has 0 radical (unpaired) electrons. The number of hydrogen-bond acceptors (Lipinski definition) is 3. The van der Waals surface area contributed by atoms with Crippen molar-refractivity contribution < 1.29 is 23.1 Å². The summed E-state index contributed by atoms with van der Waals surface area (Å²) in [6.07, 6.45) is -1.97. The first-order valence-electron chi connectivity index (χ1n) is 8.75. The molecule has 4 atom stereocenters. The molecule has 2 aromatic rings. The Bertz CT molecular complexity index is 852. The van der Waals surface area contributed by atoms with E-state index in [4.69, 9.17) is 0 Å². The van der Waals surface area contributed by atoms with Crippen molar-refractivity contribution in [1.29, 1.82) is 0 Å². The lowest BCUT2D eigenvalue weighted by molar-refractivity contribution is -0.140. The lowest BCUT2D eigenvalue weighted by atomic mass is 9.71. The Labute approximate surface area is 148 Å². The minimum absolute atomic E-state index is 0.00285. The first kappa shape index (κ1) is 17.3. The van der Waals surface area contributed by atoms with E-state index in [1.54, 1.807) is 18.2 Å². The summed E-state index contributed by atoms with van der Waals surface area (Å²) in [5.41, 5.74) is -0.905. The summed E-state index contributed by atoms with van der Waals surface area (Å²) < 4.78 is 39.4. The molecule has 2 saturated carbocycles. The zero-order chi connectivity index (χ0) is 18.5. The second-order valence-corrected chi connectivity index (χ2v) is 7.33. The van der Waals surface area contributed by atoms with Crippen LogP contribution in [-0.2, 0) is 6.18 Å². The monoisotopic (exact) mass is 364 g/mol. The average Bonchev–Trinajstić information content (AvgIpc) is 2.94. The van der Waals surface area contributed by atoms with E-state index in [0.717, 1.165) is 25.3 Å². The summed E-state index contributed by atoms with van der Waals surface area (Å²) in [6.45, 7) is 0.150. The van der Waals surface area contributed by atoms with Crippen LogP contribution in [0.5, 0.6) is 0 Å². The van der Waals surface area contributed by atoms with Crippen LogP contribution in [0.2, 0.25) is 0 Å². The number of fused-ring (bicyclic) bond motifs is 2. The summed E-state index contributed by atoms with van der Waals surface area (Å²) in [6, 6.07) is 7.16. The molecule has 1 amide bonds. The Hall–Kier alpha value is -2.15. The van der Waals surface area contributed by atoms with E-state index >= 15 is 0 Å². The molecular weight excluding hydrogens is 345 g/mol. The van der Waals surface area contributed by atoms with Gasteiger partial charge in [-0.3, -0.25) is 4.79 Å². The highest BCUT2D eigenvalue weighted by Crippen LogP contribution is 2.49. The Morgan fingerprint density at radius 3 is 2.73 bits per heavy atom. The molecule has 0 aliphatic heterocycles. The van der Waals surface area contributed by atoms with Gasteiger partial charge in [0.25, 0.3) is 5.91 Å². The van der Waals surface area contributed by atoms with Gasteiger partial charge in [-0.25, -0.2) is 4.98 Å². The van der Waals surface area contributed by atoms with Crippen LogP contribution in [0.25, 0.3) is 10.9 Å². The Morgan fingerprint density at radius 1 is 1.23 bits per heavy atom. The van der Waals surface area contributed by atoms with Crippen LogP contribution in [0.15, 0.2) is 30.3 Å². The number of aliphatic hydroxyl groups is 1. The van der Waals surface area contributed by atoms with Gasteiger partial charge in [0, 0.05) is 18.0 Å². The van der Waals surface area contributed by atoms with Gasteiger partial charge in [-0.15, -0.1) is 0 Å². The van der Waals surface area contributed by atoms with E-state index in [2.05, 4.69) is 10.3 Å². The van der Waals surface area contributed by atoms with Crippen molar-refractivity contribution in [2.45, 2.75) is 31.5 Å². The molecule has 4 nitrogen and oxygen atoms in total. The normalized spacial score (nSPS) is 27.8. The van der Waals surface area contributed by atoms with E-state index in [1.807, 2.05) is 0 Å². The van der Waals surface area contributed by atoms with Crippen molar-refractivity contribution in [1.82, 2.24) is 10.3 Å². The minimum atomic E-state index is -4.61. The summed E-state index contributed by atoms with van der Waals surface area (Å²) in [5.74, 6) is 0.583. The van der Waals surface area contributed by atoms with Crippen molar-refractivity contribution in [3.8, 4) is 0 Å². The Morgan fingerprint density at radius 2 is 2.00 bits per heavy atom. The third-order valence-electron chi connectivity index (χ3n) is 5.75. The van der Waals surface area contributed by atoms with E-state index in [0.29, 0.717) is 17.2 Å². The van der Waals surface area contributed by atoms with Gasteiger partial charge >= 0.3 is 6.18 Å². The maximum absolute atomic E-state index is 13.1. The number of para-hydroxylation sites is 1. The average molecular weight is 364 g/mol. The smallest absolute Gasteiger partial charge is 0.396 e. The molecule has 0 spiro atoms. The van der Waals surface area contributed by atoms with E-state index < -0.39 is 17.8 Å². The van der Waals surface area contributed by atoms with Crippen LogP contribution in [-0.4, -0.2) is 28.6 Å². The molecule has 2 aliphatic rings. The fourth-order valence-corrected chi connectivity index (χ4v) is 4.42. The number of nitrogens with one attached hydrogen (secondary N) is 1. The number of aromatic nitrogens is 1. The summed E-state index contributed by atoms with van der Waals surface area (Å²) >= 11 is 0. The molecule has 2 aliphatic carbocycles. The van der Waals surface area contributed by atoms with E-state index in [1.165, 1.54) is 6.07 Å². The lowest BCUT2D eigenvalue weighted by Crippen LogP contribution is -2.50. The second kappa shape index (κ2) is 6.23. The molecule has 1 aromatic heterocycles. The number of rotatable bonds is 3. The predicted molar refractivity (Wildman–Crippen MR) is 89.4 cm³/mol. The van der Waals surface area contributed by atoms with E-state index in [9.17, 15) is 23.1 Å². The quantitative estimate of drug-likeness (QED) is 0.878. The van der Waals surface area contributed by atoms with Gasteiger partial charge in [0.15, 0.2) is 0 Å². The number of carbonyl (C=O) groups is 1. The molecule has 2 unspecified atom stereocenters. The number of alkyl halides is 3. The van der Waals surface area contributed by atoms with Crippen molar-refractivity contribution in [3.05, 3.63) is 41.6 Å². The summed E-state index contributed by atoms with van der Waals surface area (Å²) in [4.78, 5) is 16.4. The molecule has 0 bridgehead atoms. The zero-order valence-corrected chi connectivity index (χ0v) is 14.0. The van der Waals surface area contributed by atoms with E-state index in [-0.39, 0.29) is 29.6 Å². The molecule has 138 valence electrons. The van der Waals surface area contributed by atoms with Crippen LogP contribution in [0.4, 0.5) is 13.2 Å². The lowest BCUT2D eigenvalue weighted by Gasteiger charge is -2.41. The highest BCUT2D eigenvalue weighted by molar-refractivity contribution is 6.06.